The topological polar surface area (TPSA) is 95.6 Å². The van der Waals surface area contributed by atoms with Crippen LogP contribution in [0.4, 0.5) is 11.5 Å². The monoisotopic (exact) mass is 438 g/mol. The minimum atomic E-state index is -0.118. The lowest BCUT2D eigenvalue weighted by atomic mass is 10.1. The van der Waals surface area contributed by atoms with Crippen molar-refractivity contribution >= 4 is 23.5 Å². The third-order valence-electron chi connectivity index (χ3n) is 4.95. The molecular formula is C26H26N6O. The Kier molecular flexibility index (Phi) is 6.59. The van der Waals surface area contributed by atoms with Crippen LogP contribution in [0.25, 0.3) is 28.6 Å². The molecule has 0 spiro atoms. The summed E-state index contributed by atoms with van der Waals surface area (Å²) in [7, 11) is 0. The molecule has 4 rings (SSSR count). The Morgan fingerprint density at radius 3 is 2.58 bits per heavy atom. The number of rotatable bonds is 7. The molecule has 1 amide bonds. The minimum absolute atomic E-state index is 0.0993. The van der Waals surface area contributed by atoms with E-state index in [-0.39, 0.29) is 11.9 Å². The molecule has 0 aliphatic carbocycles. The number of benzene rings is 2. The Morgan fingerprint density at radius 1 is 1.03 bits per heavy atom. The Labute approximate surface area is 193 Å². The third kappa shape index (κ3) is 5.71. The molecule has 2 heterocycles. The van der Waals surface area contributed by atoms with Crippen LogP contribution in [0.2, 0.25) is 0 Å². The van der Waals surface area contributed by atoms with Gasteiger partial charge >= 0.3 is 0 Å². The van der Waals surface area contributed by atoms with Gasteiger partial charge in [-0.15, -0.1) is 0 Å². The van der Waals surface area contributed by atoms with E-state index in [1.807, 2.05) is 81.7 Å². The largest absolute Gasteiger partial charge is 0.350 e. The van der Waals surface area contributed by atoms with Crippen LogP contribution in [0.1, 0.15) is 25.0 Å². The predicted octanol–water partition coefficient (Wildman–Crippen LogP) is 5.12. The molecule has 4 aromatic rings. The lowest BCUT2D eigenvalue weighted by Gasteiger charge is -2.11. The second-order valence-corrected chi connectivity index (χ2v) is 8.04. The summed E-state index contributed by atoms with van der Waals surface area (Å²) >= 11 is 0. The highest BCUT2D eigenvalue weighted by Gasteiger charge is 2.08. The van der Waals surface area contributed by atoms with Crippen LogP contribution in [0.15, 0.2) is 73.2 Å². The maximum Gasteiger partial charge on any atom is 0.244 e. The molecule has 2 aromatic heterocycles. The molecule has 0 fully saturated rings. The summed E-state index contributed by atoms with van der Waals surface area (Å²) in [5.74, 6) is 1.24. The van der Waals surface area contributed by atoms with Crippen molar-refractivity contribution in [3.63, 3.8) is 0 Å². The number of carbonyl (C=O) groups is 1. The zero-order valence-corrected chi connectivity index (χ0v) is 18.8. The highest BCUT2D eigenvalue weighted by molar-refractivity contribution is 5.92. The van der Waals surface area contributed by atoms with Gasteiger partial charge in [-0.05, 0) is 56.2 Å². The highest BCUT2D eigenvalue weighted by atomic mass is 16.1. The smallest absolute Gasteiger partial charge is 0.244 e. The molecule has 7 nitrogen and oxygen atoms in total. The number of aryl methyl sites for hydroxylation is 1. The average molecular weight is 439 g/mol. The van der Waals surface area contributed by atoms with Crippen molar-refractivity contribution in [2.24, 2.45) is 0 Å². The normalized spacial score (nSPS) is 11.2. The van der Waals surface area contributed by atoms with Crippen LogP contribution in [0.3, 0.4) is 0 Å². The van der Waals surface area contributed by atoms with Crippen molar-refractivity contribution in [1.29, 1.82) is 0 Å². The Bertz CT molecular complexity index is 1260. The molecular weight excluding hydrogens is 412 g/mol. The number of nitrogens with zero attached hydrogens (tertiary/aromatic N) is 3. The van der Waals surface area contributed by atoms with E-state index in [0.29, 0.717) is 5.82 Å². The zero-order valence-electron chi connectivity index (χ0n) is 18.8. The van der Waals surface area contributed by atoms with Crippen molar-refractivity contribution < 1.29 is 4.79 Å². The first-order valence-electron chi connectivity index (χ1n) is 10.8. The van der Waals surface area contributed by atoms with Crippen molar-refractivity contribution in [3.8, 4) is 22.5 Å². The summed E-state index contributed by atoms with van der Waals surface area (Å²) in [5.41, 5.74) is 5.78. The molecule has 0 aliphatic heterocycles. The van der Waals surface area contributed by atoms with Gasteiger partial charge in [0.2, 0.25) is 5.91 Å². The summed E-state index contributed by atoms with van der Waals surface area (Å²) in [6, 6.07) is 16.0. The number of hydrogen-bond donors (Lipinski definition) is 3. The van der Waals surface area contributed by atoms with Gasteiger partial charge in [-0.2, -0.15) is 5.10 Å². The number of amides is 1. The van der Waals surface area contributed by atoms with E-state index in [9.17, 15) is 4.79 Å². The van der Waals surface area contributed by atoms with Gasteiger partial charge in [0.1, 0.15) is 5.82 Å². The number of aromatic amines is 1. The summed E-state index contributed by atoms with van der Waals surface area (Å²) < 4.78 is 0. The first kappa shape index (κ1) is 22.0. The molecule has 0 atom stereocenters. The Balaban J connectivity index is 1.52. The lowest BCUT2D eigenvalue weighted by molar-refractivity contribution is -0.116. The number of carbonyl (C=O) groups excluding carboxylic acids is 1. The second kappa shape index (κ2) is 9.91. The number of nitrogens with one attached hydrogen (secondary N) is 3. The van der Waals surface area contributed by atoms with Crippen molar-refractivity contribution in [2.45, 2.75) is 26.8 Å². The fourth-order valence-corrected chi connectivity index (χ4v) is 3.29. The summed E-state index contributed by atoms with van der Waals surface area (Å²) in [6.07, 6.45) is 8.79. The fraction of sp³-hybridized carbons (Fsp3) is 0.154. The van der Waals surface area contributed by atoms with E-state index in [1.54, 1.807) is 12.3 Å². The van der Waals surface area contributed by atoms with Gasteiger partial charge in [-0.1, -0.05) is 30.3 Å². The van der Waals surface area contributed by atoms with Crippen molar-refractivity contribution in [3.05, 3.63) is 84.3 Å². The first-order chi connectivity index (χ1) is 16.0. The van der Waals surface area contributed by atoms with Gasteiger partial charge < -0.3 is 10.6 Å². The Hall–Kier alpha value is -4.26. The molecule has 3 N–H and O–H groups in total. The minimum Gasteiger partial charge on any atom is -0.350 e. The van der Waals surface area contributed by atoms with Gasteiger partial charge in [0.25, 0.3) is 0 Å². The van der Waals surface area contributed by atoms with Crippen LogP contribution >= 0.6 is 0 Å². The first-order valence-corrected chi connectivity index (χ1v) is 10.8. The van der Waals surface area contributed by atoms with Crippen LogP contribution in [0.5, 0.6) is 0 Å². The highest BCUT2D eigenvalue weighted by Crippen LogP contribution is 2.25. The van der Waals surface area contributed by atoms with Gasteiger partial charge in [0.15, 0.2) is 5.82 Å². The van der Waals surface area contributed by atoms with E-state index in [4.69, 9.17) is 4.98 Å². The molecule has 7 heteroatoms. The number of anilines is 2. The molecule has 2 aromatic carbocycles. The van der Waals surface area contributed by atoms with Gasteiger partial charge in [0, 0.05) is 46.9 Å². The van der Waals surface area contributed by atoms with Crippen LogP contribution in [0, 0.1) is 6.92 Å². The molecule has 0 unspecified atom stereocenters. The third-order valence-corrected chi connectivity index (χ3v) is 4.95. The molecule has 166 valence electrons. The summed E-state index contributed by atoms with van der Waals surface area (Å²) in [4.78, 5) is 21.1. The Morgan fingerprint density at radius 2 is 1.85 bits per heavy atom. The van der Waals surface area contributed by atoms with E-state index in [2.05, 4.69) is 25.8 Å². The SMILES string of the molecule is Cc1cnc(-c2cccc(/C=C/C(=O)NC(C)C)c2)nc1Nc1ccc(-c2cn[nH]c2)cc1. The maximum atomic E-state index is 11.9. The van der Waals surface area contributed by atoms with E-state index >= 15 is 0 Å². The average Bonchev–Trinajstić information content (AvgIpc) is 3.34. The van der Waals surface area contributed by atoms with Gasteiger partial charge in [-0.3, -0.25) is 9.89 Å². The molecule has 0 aliphatic rings. The zero-order chi connectivity index (χ0) is 23.2. The second-order valence-electron chi connectivity index (χ2n) is 8.04. The molecule has 0 radical (unpaired) electrons. The van der Waals surface area contributed by atoms with Crippen molar-refractivity contribution in [2.75, 3.05) is 5.32 Å². The molecule has 33 heavy (non-hydrogen) atoms. The maximum absolute atomic E-state index is 11.9. The van der Waals surface area contributed by atoms with Crippen LogP contribution < -0.4 is 10.6 Å². The summed E-state index contributed by atoms with van der Waals surface area (Å²) in [5, 5.41) is 13.1. The van der Waals surface area contributed by atoms with Gasteiger partial charge in [0.05, 0.1) is 6.20 Å². The van der Waals surface area contributed by atoms with Crippen molar-refractivity contribution in [1.82, 2.24) is 25.5 Å². The number of aromatic nitrogens is 4. The number of H-pyrrole nitrogens is 1. The van der Waals surface area contributed by atoms with Crippen LogP contribution in [-0.4, -0.2) is 32.1 Å². The molecule has 0 saturated carbocycles. The lowest BCUT2D eigenvalue weighted by Crippen LogP contribution is -2.28. The van der Waals surface area contributed by atoms with E-state index in [0.717, 1.165) is 39.3 Å². The van der Waals surface area contributed by atoms with Gasteiger partial charge in [-0.25, -0.2) is 9.97 Å². The molecule has 0 saturated heterocycles. The number of hydrogen-bond acceptors (Lipinski definition) is 5. The predicted molar refractivity (Wildman–Crippen MR) is 132 cm³/mol. The van der Waals surface area contributed by atoms with Crippen LogP contribution in [-0.2, 0) is 4.79 Å². The quantitative estimate of drug-likeness (QED) is 0.348. The molecule has 0 bridgehead atoms. The fourth-order valence-electron chi connectivity index (χ4n) is 3.29. The standard InChI is InChI=1S/C26H26N6O/c1-17(2)30-24(33)12-7-19-5-4-6-21(13-19)26-27-14-18(3)25(32-26)31-23-10-8-20(9-11-23)22-15-28-29-16-22/h4-17H,1-3H3,(H,28,29)(H,30,33)(H,27,31,32)/b12-7+. The van der Waals surface area contributed by atoms with E-state index in [1.165, 1.54) is 6.08 Å². The van der Waals surface area contributed by atoms with E-state index < -0.39 is 0 Å². The summed E-state index contributed by atoms with van der Waals surface area (Å²) in [6.45, 7) is 5.83.